The van der Waals surface area contributed by atoms with Gasteiger partial charge in [0.1, 0.15) is 6.33 Å². The molecular formula is C15H21ClN6. The lowest BCUT2D eigenvalue weighted by Crippen LogP contribution is -2.38. The van der Waals surface area contributed by atoms with Crippen LogP contribution in [-0.2, 0) is 19.5 Å². The highest BCUT2D eigenvalue weighted by atomic mass is 35.5. The van der Waals surface area contributed by atoms with E-state index in [-0.39, 0.29) is 0 Å². The summed E-state index contributed by atoms with van der Waals surface area (Å²) in [7, 11) is 1.75. The van der Waals surface area contributed by atoms with Crippen LogP contribution in [0.3, 0.4) is 0 Å². The minimum atomic E-state index is 0.583. The van der Waals surface area contributed by atoms with Gasteiger partial charge in [-0.3, -0.25) is 4.99 Å². The second-order valence-electron chi connectivity index (χ2n) is 4.73. The molecule has 1 aromatic carbocycles. The first-order chi connectivity index (χ1) is 10.7. The van der Waals surface area contributed by atoms with E-state index in [1.807, 2.05) is 28.8 Å². The van der Waals surface area contributed by atoms with Crippen LogP contribution in [0.25, 0.3) is 0 Å². The zero-order valence-corrected chi connectivity index (χ0v) is 13.6. The average molecular weight is 321 g/mol. The Morgan fingerprint density at radius 2 is 2.14 bits per heavy atom. The minimum absolute atomic E-state index is 0.583. The Labute approximate surface area is 135 Å². The quantitative estimate of drug-likeness (QED) is 0.630. The zero-order chi connectivity index (χ0) is 15.8. The van der Waals surface area contributed by atoms with E-state index in [2.05, 4.69) is 32.7 Å². The van der Waals surface area contributed by atoms with Crippen molar-refractivity contribution in [1.82, 2.24) is 25.4 Å². The topological polar surface area (TPSA) is 67.1 Å². The summed E-state index contributed by atoms with van der Waals surface area (Å²) in [6.07, 6.45) is 2.57. The summed E-state index contributed by atoms with van der Waals surface area (Å²) < 4.78 is 1.99. The predicted octanol–water partition coefficient (Wildman–Crippen LogP) is 1.86. The fraction of sp³-hybridized carbons (Fsp3) is 0.400. The SMILES string of the molecule is CCn1cnnc1CNC(=NC)NCCc1ccccc1Cl. The van der Waals surface area contributed by atoms with Crippen LogP contribution in [0.2, 0.25) is 5.02 Å². The number of guanidine groups is 1. The van der Waals surface area contributed by atoms with Gasteiger partial charge in [0.25, 0.3) is 0 Å². The van der Waals surface area contributed by atoms with Crippen molar-refractivity contribution < 1.29 is 0 Å². The molecule has 0 saturated heterocycles. The summed E-state index contributed by atoms with van der Waals surface area (Å²) in [5.74, 6) is 1.62. The smallest absolute Gasteiger partial charge is 0.191 e. The van der Waals surface area contributed by atoms with E-state index in [0.29, 0.717) is 6.54 Å². The molecule has 0 amide bonds. The maximum atomic E-state index is 6.14. The second kappa shape index (κ2) is 8.38. The third-order valence-electron chi connectivity index (χ3n) is 3.32. The van der Waals surface area contributed by atoms with Gasteiger partial charge in [-0.2, -0.15) is 0 Å². The molecule has 0 unspecified atom stereocenters. The highest BCUT2D eigenvalue weighted by Gasteiger charge is 2.04. The fourth-order valence-corrected chi connectivity index (χ4v) is 2.31. The van der Waals surface area contributed by atoms with Gasteiger partial charge < -0.3 is 15.2 Å². The van der Waals surface area contributed by atoms with Crippen molar-refractivity contribution in [3.8, 4) is 0 Å². The molecule has 0 bridgehead atoms. The Morgan fingerprint density at radius 3 is 2.86 bits per heavy atom. The summed E-state index contributed by atoms with van der Waals surface area (Å²) in [6, 6.07) is 7.86. The van der Waals surface area contributed by atoms with Crippen LogP contribution in [0.5, 0.6) is 0 Å². The monoisotopic (exact) mass is 320 g/mol. The molecule has 118 valence electrons. The number of halogens is 1. The highest BCUT2D eigenvalue weighted by molar-refractivity contribution is 6.31. The number of rotatable bonds is 6. The maximum Gasteiger partial charge on any atom is 0.191 e. The number of benzene rings is 1. The normalized spacial score (nSPS) is 11.5. The molecule has 1 heterocycles. The first-order valence-electron chi connectivity index (χ1n) is 7.29. The number of nitrogens with one attached hydrogen (secondary N) is 2. The van der Waals surface area contributed by atoms with Crippen LogP contribution >= 0.6 is 11.6 Å². The van der Waals surface area contributed by atoms with Crippen LogP contribution in [0.15, 0.2) is 35.6 Å². The third kappa shape index (κ3) is 4.46. The predicted molar refractivity (Wildman–Crippen MR) is 89.1 cm³/mol. The minimum Gasteiger partial charge on any atom is -0.356 e. The molecule has 2 N–H and O–H groups in total. The molecule has 1 aromatic heterocycles. The molecule has 2 rings (SSSR count). The first-order valence-corrected chi connectivity index (χ1v) is 7.67. The van der Waals surface area contributed by atoms with Gasteiger partial charge in [0.2, 0.25) is 0 Å². The van der Waals surface area contributed by atoms with E-state index in [1.54, 1.807) is 13.4 Å². The average Bonchev–Trinajstić information content (AvgIpc) is 3.00. The number of hydrogen-bond donors (Lipinski definition) is 2. The molecule has 0 aliphatic carbocycles. The Balaban J connectivity index is 1.79. The number of nitrogens with zero attached hydrogens (tertiary/aromatic N) is 4. The summed E-state index contributed by atoms with van der Waals surface area (Å²) in [6.45, 7) is 4.25. The van der Waals surface area contributed by atoms with Crippen LogP contribution in [0.1, 0.15) is 18.3 Å². The highest BCUT2D eigenvalue weighted by Crippen LogP contribution is 2.14. The van der Waals surface area contributed by atoms with E-state index in [4.69, 9.17) is 11.6 Å². The van der Waals surface area contributed by atoms with Gasteiger partial charge in [-0.05, 0) is 25.0 Å². The van der Waals surface area contributed by atoms with Crippen molar-refractivity contribution in [1.29, 1.82) is 0 Å². The van der Waals surface area contributed by atoms with Crippen molar-refractivity contribution in [3.63, 3.8) is 0 Å². The summed E-state index contributed by atoms with van der Waals surface area (Å²) in [5, 5.41) is 15.3. The standard InChI is InChI=1S/C15H21ClN6/c1-3-22-11-20-21-14(22)10-19-15(17-2)18-9-8-12-6-4-5-7-13(12)16/h4-7,11H,3,8-10H2,1-2H3,(H2,17,18,19). The third-order valence-corrected chi connectivity index (χ3v) is 3.69. The molecule has 0 radical (unpaired) electrons. The van der Waals surface area contributed by atoms with Crippen molar-refractivity contribution in [2.24, 2.45) is 4.99 Å². The molecule has 0 fully saturated rings. The largest absolute Gasteiger partial charge is 0.356 e. The van der Waals surface area contributed by atoms with Gasteiger partial charge in [0, 0.05) is 25.2 Å². The number of aliphatic imine (C=N–C) groups is 1. The first kappa shape index (κ1) is 16.3. The van der Waals surface area contributed by atoms with Crippen molar-refractivity contribution in [2.45, 2.75) is 26.4 Å². The second-order valence-corrected chi connectivity index (χ2v) is 5.13. The molecule has 7 heteroatoms. The fourth-order valence-electron chi connectivity index (χ4n) is 2.08. The molecule has 0 atom stereocenters. The lowest BCUT2D eigenvalue weighted by molar-refractivity contribution is 0.669. The zero-order valence-electron chi connectivity index (χ0n) is 12.9. The Hall–Kier alpha value is -2.08. The van der Waals surface area contributed by atoms with E-state index in [0.717, 1.165) is 41.9 Å². The van der Waals surface area contributed by atoms with Crippen molar-refractivity contribution >= 4 is 17.6 Å². The van der Waals surface area contributed by atoms with Crippen LogP contribution in [0.4, 0.5) is 0 Å². The summed E-state index contributed by atoms with van der Waals surface area (Å²) in [5.41, 5.74) is 1.12. The number of aromatic nitrogens is 3. The Bertz CT molecular complexity index is 622. The molecule has 0 aliphatic heterocycles. The van der Waals surface area contributed by atoms with Crippen LogP contribution in [0, 0.1) is 0 Å². The molecule has 0 saturated carbocycles. The van der Waals surface area contributed by atoms with Crippen molar-refractivity contribution in [3.05, 3.63) is 47.0 Å². The van der Waals surface area contributed by atoms with Gasteiger partial charge in [-0.1, -0.05) is 29.8 Å². The van der Waals surface area contributed by atoms with E-state index in [1.165, 1.54) is 0 Å². The lowest BCUT2D eigenvalue weighted by atomic mass is 10.1. The molecule has 22 heavy (non-hydrogen) atoms. The van der Waals surface area contributed by atoms with Crippen molar-refractivity contribution in [2.75, 3.05) is 13.6 Å². The van der Waals surface area contributed by atoms with Crippen LogP contribution < -0.4 is 10.6 Å². The Kier molecular flexibility index (Phi) is 6.21. The van der Waals surface area contributed by atoms with Crippen LogP contribution in [-0.4, -0.2) is 34.3 Å². The molecule has 2 aromatic rings. The van der Waals surface area contributed by atoms with E-state index >= 15 is 0 Å². The van der Waals surface area contributed by atoms with E-state index < -0.39 is 0 Å². The van der Waals surface area contributed by atoms with Gasteiger partial charge in [-0.15, -0.1) is 10.2 Å². The number of aryl methyl sites for hydroxylation is 1. The summed E-state index contributed by atoms with van der Waals surface area (Å²) >= 11 is 6.14. The lowest BCUT2D eigenvalue weighted by Gasteiger charge is -2.12. The number of hydrogen-bond acceptors (Lipinski definition) is 3. The molecule has 6 nitrogen and oxygen atoms in total. The maximum absolute atomic E-state index is 6.14. The van der Waals surface area contributed by atoms with Gasteiger partial charge in [-0.25, -0.2) is 0 Å². The Morgan fingerprint density at radius 1 is 1.32 bits per heavy atom. The van der Waals surface area contributed by atoms with Gasteiger partial charge in [0.15, 0.2) is 11.8 Å². The molecular weight excluding hydrogens is 300 g/mol. The molecule has 0 spiro atoms. The van der Waals surface area contributed by atoms with Gasteiger partial charge in [0.05, 0.1) is 6.54 Å². The van der Waals surface area contributed by atoms with E-state index in [9.17, 15) is 0 Å². The van der Waals surface area contributed by atoms with Gasteiger partial charge >= 0.3 is 0 Å². The summed E-state index contributed by atoms with van der Waals surface area (Å²) in [4.78, 5) is 4.20. The molecule has 0 aliphatic rings.